The van der Waals surface area contributed by atoms with Crippen LogP contribution in [-0.2, 0) is 4.79 Å². The molecule has 2 nitrogen and oxygen atoms in total. The summed E-state index contributed by atoms with van der Waals surface area (Å²) in [6, 6.07) is 12.3. The zero-order valence-corrected chi connectivity index (χ0v) is 12.6. The first kappa shape index (κ1) is 14.7. The third-order valence-corrected chi connectivity index (χ3v) is 3.87. The molecule has 0 aliphatic rings. The molecular formula is C17H18O2S. The van der Waals surface area contributed by atoms with Crippen LogP contribution < -0.4 is 4.74 Å². The Labute approximate surface area is 123 Å². The van der Waals surface area contributed by atoms with E-state index in [-0.39, 0.29) is 5.12 Å². The number of benzene rings is 2. The van der Waals surface area contributed by atoms with Crippen molar-refractivity contribution in [2.24, 2.45) is 0 Å². The van der Waals surface area contributed by atoms with Crippen molar-refractivity contribution in [1.29, 1.82) is 0 Å². The van der Waals surface area contributed by atoms with E-state index in [0.29, 0.717) is 0 Å². The van der Waals surface area contributed by atoms with E-state index in [1.54, 1.807) is 14.0 Å². The lowest BCUT2D eigenvalue weighted by Crippen LogP contribution is -1.89. The van der Waals surface area contributed by atoms with Gasteiger partial charge in [-0.2, -0.15) is 0 Å². The normalized spacial score (nSPS) is 11.1. The summed E-state index contributed by atoms with van der Waals surface area (Å²) in [4.78, 5) is 10.9. The zero-order chi connectivity index (χ0) is 14.4. The van der Waals surface area contributed by atoms with Crippen LogP contribution in [0, 0.1) is 0 Å². The van der Waals surface area contributed by atoms with Crippen LogP contribution in [0.1, 0.15) is 18.9 Å². The monoisotopic (exact) mass is 286 g/mol. The number of fused-ring (bicyclic) bond motifs is 1. The second kappa shape index (κ2) is 7.15. The Morgan fingerprint density at radius 2 is 2.05 bits per heavy atom. The van der Waals surface area contributed by atoms with Gasteiger partial charge in [-0.25, -0.2) is 0 Å². The molecule has 0 heterocycles. The molecule has 0 fully saturated rings. The Morgan fingerprint density at radius 3 is 2.80 bits per heavy atom. The van der Waals surface area contributed by atoms with Gasteiger partial charge >= 0.3 is 0 Å². The Bertz CT molecular complexity index is 632. The predicted octanol–water partition coefficient (Wildman–Crippen LogP) is 4.53. The number of ether oxygens (including phenoxy) is 1. The van der Waals surface area contributed by atoms with E-state index in [4.69, 9.17) is 4.74 Å². The maximum absolute atomic E-state index is 10.9. The second-order valence-electron chi connectivity index (χ2n) is 4.43. The standard InChI is InChI=1S/C17H18O2S/c1-13(18)20-12-6-5-9-16-15-8-4-3-7-14(15)10-11-17(16)19-2/h3-5,7-11H,6,12H2,1-2H3. The van der Waals surface area contributed by atoms with E-state index in [9.17, 15) is 4.79 Å². The molecule has 0 N–H and O–H groups in total. The van der Waals surface area contributed by atoms with Crippen molar-refractivity contribution in [1.82, 2.24) is 0 Å². The number of thioether (sulfide) groups is 1. The van der Waals surface area contributed by atoms with Crippen LogP contribution in [0.5, 0.6) is 5.75 Å². The molecule has 0 bridgehead atoms. The fraction of sp³-hybridized carbons (Fsp3) is 0.235. The van der Waals surface area contributed by atoms with Crippen LogP contribution in [0.3, 0.4) is 0 Å². The van der Waals surface area contributed by atoms with E-state index in [0.717, 1.165) is 23.5 Å². The van der Waals surface area contributed by atoms with Crippen LogP contribution in [0.2, 0.25) is 0 Å². The molecule has 0 saturated carbocycles. The van der Waals surface area contributed by atoms with Gasteiger partial charge in [-0.1, -0.05) is 54.2 Å². The number of carbonyl (C=O) groups excluding carboxylic acids is 1. The van der Waals surface area contributed by atoms with E-state index < -0.39 is 0 Å². The van der Waals surface area contributed by atoms with Crippen molar-refractivity contribution in [2.45, 2.75) is 13.3 Å². The summed E-state index contributed by atoms with van der Waals surface area (Å²) in [7, 11) is 1.69. The van der Waals surface area contributed by atoms with Gasteiger partial charge in [0.2, 0.25) is 0 Å². The van der Waals surface area contributed by atoms with Gasteiger partial charge in [0.05, 0.1) is 7.11 Å². The van der Waals surface area contributed by atoms with Crippen LogP contribution in [0.25, 0.3) is 16.8 Å². The molecule has 3 heteroatoms. The molecule has 0 spiro atoms. The molecule has 0 aliphatic heterocycles. The number of carbonyl (C=O) groups is 1. The summed E-state index contributed by atoms with van der Waals surface area (Å²) in [5.41, 5.74) is 1.10. The average molecular weight is 286 g/mol. The molecule has 0 atom stereocenters. The minimum atomic E-state index is 0.168. The van der Waals surface area contributed by atoms with Crippen LogP contribution >= 0.6 is 11.8 Å². The van der Waals surface area contributed by atoms with Gasteiger partial charge in [0.15, 0.2) is 5.12 Å². The molecular weight excluding hydrogens is 268 g/mol. The quantitative estimate of drug-likeness (QED) is 0.755. The highest BCUT2D eigenvalue weighted by molar-refractivity contribution is 8.13. The molecule has 0 saturated heterocycles. The molecule has 0 aromatic heterocycles. The summed E-state index contributed by atoms with van der Waals surface area (Å²) in [5, 5.41) is 2.55. The predicted molar refractivity (Wildman–Crippen MR) is 87.3 cm³/mol. The first-order valence-corrected chi connectivity index (χ1v) is 7.56. The summed E-state index contributed by atoms with van der Waals surface area (Å²) in [6.45, 7) is 1.60. The van der Waals surface area contributed by atoms with Crippen LogP contribution in [0.4, 0.5) is 0 Å². The van der Waals surface area contributed by atoms with E-state index in [1.807, 2.05) is 18.2 Å². The topological polar surface area (TPSA) is 26.3 Å². The van der Waals surface area contributed by atoms with Gasteiger partial charge in [0.1, 0.15) is 5.75 Å². The molecule has 0 unspecified atom stereocenters. The molecule has 0 amide bonds. The third-order valence-electron chi connectivity index (χ3n) is 3.02. The first-order valence-electron chi connectivity index (χ1n) is 6.58. The third kappa shape index (κ3) is 3.64. The van der Waals surface area contributed by atoms with Crippen LogP contribution in [-0.4, -0.2) is 18.0 Å². The SMILES string of the molecule is COc1ccc2ccccc2c1C=CCCSC(C)=O. The molecule has 0 radical (unpaired) electrons. The van der Waals surface area contributed by atoms with Crippen molar-refractivity contribution in [3.63, 3.8) is 0 Å². The van der Waals surface area contributed by atoms with Crippen molar-refractivity contribution >= 4 is 33.7 Å². The number of hydrogen-bond acceptors (Lipinski definition) is 3. The lowest BCUT2D eigenvalue weighted by molar-refractivity contribution is -0.109. The molecule has 20 heavy (non-hydrogen) atoms. The summed E-state index contributed by atoms with van der Waals surface area (Å²) >= 11 is 1.36. The largest absolute Gasteiger partial charge is 0.496 e. The Hall–Kier alpha value is -1.74. The molecule has 2 aromatic rings. The number of rotatable bonds is 5. The first-order chi connectivity index (χ1) is 9.72. The lowest BCUT2D eigenvalue weighted by atomic mass is 10.0. The van der Waals surface area contributed by atoms with Gasteiger partial charge in [-0.15, -0.1) is 0 Å². The van der Waals surface area contributed by atoms with Gasteiger partial charge < -0.3 is 4.74 Å². The maximum atomic E-state index is 10.9. The Kier molecular flexibility index (Phi) is 5.24. The zero-order valence-electron chi connectivity index (χ0n) is 11.8. The highest BCUT2D eigenvalue weighted by Gasteiger charge is 2.04. The van der Waals surface area contributed by atoms with Crippen molar-refractivity contribution < 1.29 is 9.53 Å². The Balaban J connectivity index is 2.22. The molecule has 104 valence electrons. The van der Waals surface area contributed by atoms with Gasteiger partial charge in [-0.05, 0) is 23.3 Å². The van der Waals surface area contributed by atoms with Gasteiger partial charge in [0.25, 0.3) is 0 Å². The van der Waals surface area contributed by atoms with Gasteiger partial charge in [0, 0.05) is 18.2 Å². The van der Waals surface area contributed by atoms with Crippen molar-refractivity contribution in [3.05, 3.63) is 48.0 Å². The minimum absolute atomic E-state index is 0.168. The number of allylic oxidation sites excluding steroid dienone is 1. The van der Waals surface area contributed by atoms with Gasteiger partial charge in [-0.3, -0.25) is 4.79 Å². The van der Waals surface area contributed by atoms with Crippen molar-refractivity contribution in [3.8, 4) is 5.75 Å². The summed E-state index contributed by atoms with van der Waals surface area (Å²) in [6.07, 6.45) is 5.05. The van der Waals surface area contributed by atoms with E-state index in [2.05, 4.69) is 30.4 Å². The summed E-state index contributed by atoms with van der Waals surface area (Å²) in [5.74, 6) is 1.69. The highest BCUT2D eigenvalue weighted by atomic mass is 32.2. The Morgan fingerprint density at radius 1 is 1.25 bits per heavy atom. The smallest absolute Gasteiger partial charge is 0.185 e. The number of methoxy groups -OCH3 is 1. The second-order valence-corrected chi connectivity index (χ2v) is 5.71. The van der Waals surface area contributed by atoms with E-state index >= 15 is 0 Å². The fourth-order valence-corrected chi connectivity index (χ4v) is 2.64. The number of hydrogen-bond donors (Lipinski definition) is 0. The molecule has 2 rings (SSSR count). The minimum Gasteiger partial charge on any atom is -0.496 e. The molecule has 0 aliphatic carbocycles. The highest BCUT2D eigenvalue weighted by Crippen LogP contribution is 2.29. The summed E-state index contributed by atoms with van der Waals surface area (Å²) < 4.78 is 5.44. The molecule has 2 aromatic carbocycles. The van der Waals surface area contributed by atoms with Crippen molar-refractivity contribution in [2.75, 3.05) is 12.9 Å². The maximum Gasteiger partial charge on any atom is 0.185 e. The van der Waals surface area contributed by atoms with E-state index in [1.165, 1.54) is 22.5 Å². The van der Waals surface area contributed by atoms with Crippen LogP contribution in [0.15, 0.2) is 42.5 Å². The average Bonchev–Trinajstić information content (AvgIpc) is 2.46. The fourth-order valence-electron chi connectivity index (χ4n) is 2.10. The lowest BCUT2D eigenvalue weighted by Gasteiger charge is -2.08.